The lowest BCUT2D eigenvalue weighted by Crippen LogP contribution is -2.26. The molecule has 5 nitrogen and oxygen atoms in total. The minimum absolute atomic E-state index is 0.139. The lowest BCUT2D eigenvalue weighted by molar-refractivity contribution is -0.115. The molecule has 0 saturated heterocycles. The number of nitrogens with one attached hydrogen (secondary N) is 1. The highest BCUT2D eigenvalue weighted by atomic mass is 32.1. The molecule has 0 fully saturated rings. The Balaban J connectivity index is 2.12. The number of hydrogen-bond acceptors (Lipinski definition) is 4. The van der Waals surface area contributed by atoms with Crippen molar-refractivity contribution in [3.8, 4) is 0 Å². The van der Waals surface area contributed by atoms with E-state index >= 15 is 0 Å². The smallest absolute Gasteiger partial charge is 0.259 e. The molecule has 1 heterocycles. The minimum Gasteiger partial charge on any atom is -0.310 e. The number of hydrogen-bond donors (Lipinski definition) is 1. The summed E-state index contributed by atoms with van der Waals surface area (Å²) in [5, 5.41) is 4.74. The molecule has 2 amide bonds. The Morgan fingerprint density at radius 1 is 1.33 bits per heavy atom. The summed E-state index contributed by atoms with van der Waals surface area (Å²) in [6.45, 7) is 1.74. The molecule has 110 valence electrons. The maximum Gasteiger partial charge on any atom is 0.259 e. The van der Waals surface area contributed by atoms with Gasteiger partial charge in [0.15, 0.2) is 5.13 Å². The van der Waals surface area contributed by atoms with Crippen LogP contribution >= 0.6 is 11.3 Å². The Morgan fingerprint density at radius 3 is 2.62 bits per heavy atom. The number of carbonyl (C=O) groups excluding carboxylic acids is 2. The van der Waals surface area contributed by atoms with E-state index in [0.717, 1.165) is 0 Å². The molecule has 0 unspecified atom stereocenters. The van der Waals surface area contributed by atoms with Crippen LogP contribution in [0.4, 0.5) is 15.3 Å². The molecule has 2 aromatic rings. The predicted octanol–water partition coefficient (Wildman–Crippen LogP) is 2.91. The molecule has 0 aliphatic rings. The van der Waals surface area contributed by atoms with Crippen LogP contribution in [0.2, 0.25) is 0 Å². The topological polar surface area (TPSA) is 62.3 Å². The average Bonchev–Trinajstić information content (AvgIpc) is 2.94. The lowest BCUT2D eigenvalue weighted by Gasteiger charge is -2.13. The van der Waals surface area contributed by atoms with Crippen LogP contribution in [0.5, 0.6) is 0 Å². The number of thiazole rings is 1. The summed E-state index contributed by atoms with van der Waals surface area (Å²) in [5.41, 5.74) is 0.369. The van der Waals surface area contributed by atoms with E-state index in [1.165, 1.54) is 40.5 Å². The Hall–Kier alpha value is -2.28. The van der Waals surface area contributed by atoms with Gasteiger partial charge in [0.05, 0.1) is 0 Å². The molecule has 0 bridgehead atoms. The Labute approximate surface area is 125 Å². The van der Waals surface area contributed by atoms with E-state index in [2.05, 4.69) is 10.3 Å². The second-order valence-electron chi connectivity index (χ2n) is 4.29. The molecule has 0 atom stereocenters. The number of aromatic nitrogens is 1. The van der Waals surface area contributed by atoms with Crippen molar-refractivity contribution < 1.29 is 14.0 Å². The highest BCUT2D eigenvalue weighted by molar-refractivity contribution is 7.14. The first-order valence-electron chi connectivity index (χ1n) is 6.30. The molecule has 21 heavy (non-hydrogen) atoms. The van der Waals surface area contributed by atoms with Gasteiger partial charge in [0.2, 0.25) is 5.91 Å². The fourth-order valence-electron chi connectivity index (χ4n) is 1.58. The molecular formula is C14H14FN3O2S. The summed E-state index contributed by atoms with van der Waals surface area (Å²) in [7, 11) is 1.58. The van der Waals surface area contributed by atoms with Crippen molar-refractivity contribution in [3.63, 3.8) is 0 Å². The summed E-state index contributed by atoms with van der Waals surface area (Å²) >= 11 is 1.24. The zero-order valence-electron chi connectivity index (χ0n) is 11.6. The standard InChI is InChI=1S/C14H14FN3O2S/c1-3-12(19)16-11-8-21-14(17-11)18(2)13(20)9-4-6-10(15)7-5-9/h4-8H,3H2,1-2H3,(H,16,19). The van der Waals surface area contributed by atoms with E-state index in [-0.39, 0.29) is 11.8 Å². The van der Waals surface area contributed by atoms with Gasteiger partial charge in [-0.25, -0.2) is 9.37 Å². The molecule has 0 aliphatic carbocycles. The van der Waals surface area contributed by atoms with E-state index in [9.17, 15) is 14.0 Å². The number of nitrogens with zero attached hydrogens (tertiary/aromatic N) is 2. The molecule has 0 radical (unpaired) electrons. The Morgan fingerprint density at radius 2 is 2.00 bits per heavy atom. The van der Waals surface area contributed by atoms with Gasteiger partial charge in [0.25, 0.3) is 5.91 Å². The molecule has 0 saturated carbocycles. The summed E-state index contributed by atoms with van der Waals surface area (Å²) in [6.07, 6.45) is 0.358. The fraction of sp³-hybridized carbons (Fsp3) is 0.214. The molecule has 1 aromatic carbocycles. The van der Waals surface area contributed by atoms with Crippen LogP contribution in [0.1, 0.15) is 23.7 Å². The summed E-state index contributed by atoms with van der Waals surface area (Å²) < 4.78 is 12.9. The van der Waals surface area contributed by atoms with E-state index in [4.69, 9.17) is 0 Å². The second kappa shape index (κ2) is 6.45. The zero-order chi connectivity index (χ0) is 15.4. The van der Waals surface area contributed by atoms with Gasteiger partial charge in [0.1, 0.15) is 11.6 Å². The molecule has 7 heteroatoms. The number of benzene rings is 1. The molecule has 1 aromatic heterocycles. The first kappa shape index (κ1) is 15.1. The Kier molecular flexibility index (Phi) is 4.64. The van der Waals surface area contributed by atoms with Crippen molar-refractivity contribution in [3.05, 3.63) is 41.0 Å². The van der Waals surface area contributed by atoms with Gasteiger partial charge < -0.3 is 5.32 Å². The number of halogens is 1. The maximum absolute atomic E-state index is 12.9. The van der Waals surface area contributed by atoms with Gasteiger partial charge in [-0.3, -0.25) is 14.5 Å². The van der Waals surface area contributed by atoms with Crippen molar-refractivity contribution >= 4 is 34.1 Å². The van der Waals surface area contributed by atoms with Crippen LogP contribution in [0.3, 0.4) is 0 Å². The summed E-state index contributed by atoms with van der Waals surface area (Å²) in [5.74, 6) is -0.411. The third-order valence-corrected chi connectivity index (χ3v) is 3.68. The van der Waals surface area contributed by atoms with Crippen LogP contribution in [0, 0.1) is 5.82 Å². The lowest BCUT2D eigenvalue weighted by atomic mass is 10.2. The van der Waals surface area contributed by atoms with Crippen LogP contribution in [-0.4, -0.2) is 23.8 Å². The van der Waals surface area contributed by atoms with Crippen molar-refractivity contribution in [2.75, 3.05) is 17.3 Å². The summed E-state index contributed by atoms with van der Waals surface area (Å²) in [6, 6.07) is 5.30. The number of anilines is 2. The molecule has 2 rings (SSSR count). The average molecular weight is 307 g/mol. The normalized spacial score (nSPS) is 10.2. The highest BCUT2D eigenvalue weighted by Crippen LogP contribution is 2.24. The van der Waals surface area contributed by atoms with E-state index < -0.39 is 5.82 Å². The van der Waals surface area contributed by atoms with Gasteiger partial charge in [0, 0.05) is 24.4 Å². The zero-order valence-corrected chi connectivity index (χ0v) is 12.4. The van der Waals surface area contributed by atoms with Crippen molar-refractivity contribution in [1.29, 1.82) is 0 Å². The van der Waals surface area contributed by atoms with E-state index in [1.807, 2.05) is 0 Å². The largest absolute Gasteiger partial charge is 0.310 e. The minimum atomic E-state index is -0.395. The Bertz CT molecular complexity index is 654. The van der Waals surface area contributed by atoms with Gasteiger partial charge in [-0.2, -0.15) is 0 Å². The van der Waals surface area contributed by atoms with Gasteiger partial charge >= 0.3 is 0 Å². The first-order chi connectivity index (χ1) is 10.0. The maximum atomic E-state index is 12.9. The predicted molar refractivity (Wildman–Crippen MR) is 80.2 cm³/mol. The third-order valence-electron chi connectivity index (χ3n) is 2.76. The van der Waals surface area contributed by atoms with E-state index in [1.54, 1.807) is 19.4 Å². The summed E-state index contributed by atoms with van der Waals surface area (Å²) in [4.78, 5) is 29.1. The van der Waals surface area contributed by atoms with Gasteiger partial charge in [-0.05, 0) is 24.3 Å². The SMILES string of the molecule is CCC(=O)Nc1csc(N(C)C(=O)c2ccc(F)cc2)n1. The molecule has 1 N–H and O–H groups in total. The van der Waals surface area contributed by atoms with E-state index in [0.29, 0.717) is 22.9 Å². The first-order valence-corrected chi connectivity index (χ1v) is 7.18. The van der Waals surface area contributed by atoms with Crippen LogP contribution in [-0.2, 0) is 4.79 Å². The van der Waals surface area contributed by atoms with Crippen molar-refractivity contribution in [1.82, 2.24) is 4.98 Å². The third kappa shape index (κ3) is 3.63. The highest BCUT2D eigenvalue weighted by Gasteiger charge is 2.17. The van der Waals surface area contributed by atoms with Crippen molar-refractivity contribution in [2.24, 2.45) is 0 Å². The van der Waals surface area contributed by atoms with Crippen LogP contribution in [0.15, 0.2) is 29.6 Å². The number of rotatable bonds is 4. The van der Waals surface area contributed by atoms with Crippen LogP contribution in [0.25, 0.3) is 0 Å². The fourth-order valence-corrected chi connectivity index (χ4v) is 2.30. The van der Waals surface area contributed by atoms with Gasteiger partial charge in [-0.1, -0.05) is 6.92 Å². The molecule has 0 spiro atoms. The monoisotopic (exact) mass is 307 g/mol. The molecular weight excluding hydrogens is 293 g/mol. The molecule has 0 aliphatic heterocycles. The van der Waals surface area contributed by atoms with Gasteiger partial charge in [-0.15, -0.1) is 11.3 Å². The quantitative estimate of drug-likeness (QED) is 0.944. The van der Waals surface area contributed by atoms with Crippen molar-refractivity contribution in [2.45, 2.75) is 13.3 Å². The second-order valence-corrected chi connectivity index (χ2v) is 5.12. The number of carbonyl (C=O) groups is 2. The van der Waals surface area contributed by atoms with Crippen LogP contribution < -0.4 is 10.2 Å². The number of amides is 2.